The zero-order chi connectivity index (χ0) is 13.9. The van der Waals surface area contributed by atoms with Gasteiger partial charge in [-0.25, -0.2) is 0 Å². The third-order valence-corrected chi connectivity index (χ3v) is 3.86. The molecule has 0 radical (unpaired) electrons. The molecular weight excluding hydrogens is 318 g/mol. The standard InChI is InChI=1S/C16H16BrNO2/c17-12-5-3-4-11(8-12)9-13(18)16-10-19-14-6-1-2-7-15(14)20-16/h1-8,13,16H,9-10,18H2/t13-,16-/m1/s1. The molecule has 1 heterocycles. The van der Waals surface area contributed by atoms with Crippen LogP contribution in [-0.4, -0.2) is 18.8 Å². The quantitative estimate of drug-likeness (QED) is 0.938. The highest BCUT2D eigenvalue weighted by molar-refractivity contribution is 9.10. The zero-order valence-corrected chi connectivity index (χ0v) is 12.5. The van der Waals surface area contributed by atoms with Crippen molar-refractivity contribution in [3.8, 4) is 11.5 Å². The van der Waals surface area contributed by atoms with Crippen LogP contribution in [-0.2, 0) is 6.42 Å². The number of halogens is 1. The molecule has 0 saturated heterocycles. The van der Waals surface area contributed by atoms with Crippen molar-refractivity contribution in [3.05, 3.63) is 58.6 Å². The molecule has 0 amide bonds. The van der Waals surface area contributed by atoms with E-state index >= 15 is 0 Å². The van der Waals surface area contributed by atoms with Crippen molar-refractivity contribution in [1.29, 1.82) is 0 Å². The minimum absolute atomic E-state index is 0.0994. The Balaban J connectivity index is 1.68. The lowest BCUT2D eigenvalue weighted by Crippen LogP contribution is -2.46. The van der Waals surface area contributed by atoms with E-state index in [4.69, 9.17) is 15.2 Å². The van der Waals surface area contributed by atoms with Gasteiger partial charge in [-0.15, -0.1) is 0 Å². The monoisotopic (exact) mass is 333 g/mol. The number of ether oxygens (including phenoxy) is 2. The fraction of sp³-hybridized carbons (Fsp3) is 0.250. The first-order chi connectivity index (χ1) is 9.72. The second-order valence-corrected chi connectivity index (χ2v) is 5.83. The maximum atomic E-state index is 6.27. The SMILES string of the molecule is N[C@H](Cc1cccc(Br)c1)[C@H]1COc2ccccc2O1. The van der Waals surface area contributed by atoms with Gasteiger partial charge in [0.25, 0.3) is 0 Å². The van der Waals surface area contributed by atoms with Crippen LogP contribution in [0.4, 0.5) is 0 Å². The van der Waals surface area contributed by atoms with Gasteiger partial charge in [0.15, 0.2) is 11.5 Å². The van der Waals surface area contributed by atoms with E-state index in [9.17, 15) is 0 Å². The third-order valence-electron chi connectivity index (χ3n) is 3.37. The van der Waals surface area contributed by atoms with Crippen LogP contribution >= 0.6 is 15.9 Å². The van der Waals surface area contributed by atoms with Crippen molar-refractivity contribution in [2.24, 2.45) is 5.73 Å². The topological polar surface area (TPSA) is 44.5 Å². The van der Waals surface area contributed by atoms with Crippen molar-refractivity contribution in [2.45, 2.75) is 18.6 Å². The second kappa shape index (κ2) is 5.85. The summed E-state index contributed by atoms with van der Waals surface area (Å²) in [7, 11) is 0. The first-order valence-corrected chi connectivity index (χ1v) is 7.40. The molecule has 1 aliphatic rings. The largest absolute Gasteiger partial charge is 0.486 e. The van der Waals surface area contributed by atoms with Crippen LogP contribution < -0.4 is 15.2 Å². The van der Waals surface area contributed by atoms with Gasteiger partial charge >= 0.3 is 0 Å². The number of benzene rings is 2. The number of hydrogen-bond acceptors (Lipinski definition) is 3. The molecule has 0 spiro atoms. The van der Waals surface area contributed by atoms with Crippen molar-refractivity contribution < 1.29 is 9.47 Å². The number of nitrogens with two attached hydrogens (primary N) is 1. The summed E-state index contributed by atoms with van der Waals surface area (Å²) >= 11 is 3.47. The van der Waals surface area contributed by atoms with Gasteiger partial charge in [-0.2, -0.15) is 0 Å². The van der Waals surface area contributed by atoms with Crippen LogP contribution in [0.3, 0.4) is 0 Å². The molecule has 0 bridgehead atoms. The molecular formula is C16H16BrNO2. The Kier molecular flexibility index (Phi) is 3.94. The summed E-state index contributed by atoms with van der Waals surface area (Å²) in [5, 5.41) is 0. The third kappa shape index (κ3) is 2.97. The van der Waals surface area contributed by atoms with Crippen molar-refractivity contribution >= 4 is 15.9 Å². The van der Waals surface area contributed by atoms with Crippen LogP contribution in [0.1, 0.15) is 5.56 Å². The molecule has 2 atom stereocenters. The first-order valence-electron chi connectivity index (χ1n) is 6.61. The Morgan fingerprint density at radius 3 is 2.75 bits per heavy atom. The maximum absolute atomic E-state index is 6.27. The summed E-state index contributed by atoms with van der Waals surface area (Å²) in [5.41, 5.74) is 7.46. The fourth-order valence-electron chi connectivity index (χ4n) is 2.31. The van der Waals surface area contributed by atoms with Gasteiger partial charge < -0.3 is 15.2 Å². The van der Waals surface area contributed by atoms with Gasteiger partial charge in [-0.05, 0) is 36.2 Å². The van der Waals surface area contributed by atoms with Crippen LogP contribution in [0.5, 0.6) is 11.5 Å². The smallest absolute Gasteiger partial charge is 0.161 e. The molecule has 0 unspecified atom stereocenters. The molecule has 3 rings (SSSR count). The number of hydrogen-bond donors (Lipinski definition) is 1. The van der Waals surface area contributed by atoms with E-state index in [0.717, 1.165) is 22.4 Å². The number of rotatable bonds is 3. The second-order valence-electron chi connectivity index (χ2n) is 4.91. The van der Waals surface area contributed by atoms with Gasteiger partial charge in [-0.1, -0.05) is 40.2 Å². The molecule has 3 nitrogen and oxygen atoms in total. The molecule has 2 aromatic rings. The molecule has 2 N–H and O–H groups in total. The Bertz CT molecular complexity index is 603. The summed E-state index contributed by atoms with van der Waals surface area (Å²) in [4.78, 5) is 0. The van der Waals surface area contributed by atoms with Crippen molar-refractivity contribution in [3.63, 3.8) is 0 Å². The van der Waals surface area contributed by atoms with Crippen molar-refractivity contribution in [1.82, 2.24) is 0 Å². The Morgan fingerprint density at radius 2 is 1.95 bits per heavy atom. The minimum atomic E-state index is -0.121. The Hall–Kier alpha value is -1.52. The van der Waals surface area contributed by atoms with Crippen LogP contribution in [0.15, 0.2) is 53.0 Å². The number of fused-ring (bicyclic) bond motifs is 1. The molecule has 0 saturated carbocycles. The summed E-state index contributed by atoms with van der Waals surface area (Å²) in [6, 6.07) is 15.8. The highest BCUT2D eigenvalue weighted by Crippen LogP contribution is 2.31. The molecule has 4 heteroatoms. The van der Waals surface area contributed by atoms with E-state index < -0.39 is 0 Å². The molecule has 104 valence electrons. The van der Waals surface area contributed by atoms with E-state index in [1.54, 1.807) is 0 Å². The predicted octanol–water partition coefficient (Wildman–Crippen LogP) is 3.16. The lowest BCUT2D eigenvalue weighted by atomic mass is 10.0. The maximum Gasteiger partial charge on any atom is 0.161 e. The average Bonchev–Trinajstić information content (AvgIpc) is 2.47. The predicted molar refractivity (Wildman–Crippen MR) is 82.2 cm³/mol. The van der Waals surface area contributed by atoms with Gasteiger partial charge in [0, 0.05) is 10.5 Å². The Labute approximate surface area is 126 Å². The molecule has 0 fully saturated rings. The van der Waals surface area contributed by atoms with Gasteiger partial charge in [0.1, 0.15) is 12.7 Å². The Morgan fingerprint density at radius 1 is 1.15 bits per heavy atom. The van der Waals surface area contributed by atoms with Gasteiger partial charge in [0.2, 0.25) is 0 Å². The summed E-state index contributed by atoms with van der Waals surface area (Å²) in [6.45, 7) is 0.492. The zero-order valence-electron chi connectivity index (χ0n) is 11.0. The van der Waals surface area contributed by atoms with Gasteiger partial charge in [0.05, 0.1) is 0 Å². The molecule has 20 heavy (non-hydrogen) atoms. The number of para-hydroxylation sites is 2. The van der Waals surface area contributed by atoms with Crippen LogP contribution in [0.25, 0.3) is 0 Å². The van der Waals surface area contributed by atoms with Crippen LogP contribution in [0.2, 0.25) is 0 Å². The van der Waals surface area contributed by atoms with Gasteiger partial charge in [-0.3, -0.25) is 0 Å². The lowest BCUT2D eigenvalue weighted by molar-refractivity contribution is 0.0723. The van der Waals surface area contributed by atoms with Crippen molar-refractivity contribution in [2.75, 3.05) is 6.61 Å². The highest BCUT2D eigenvalue weighted by Gasteiger charge is 2.26. The van der Waals surface area contributed by atoms with E-state index in [0.29, 0.717) is 6.61 Å². The lowest BCUT2D eigenvalue weighted by Gasteiger charge is -2.30. The fourth-order valence-corrected chi connectivity index (χ4v) is 2.76. The summed E-state index contributed by atoms with van der Waals surface area (Å²) < 4.78 is 12.7. The first kappa shape index (κ1) is 13.5. The highest BCUT2D eigenvalue weighted by atomic mass is 79.9. The van der Waals surface area contributed by atoms with E-state index in [-0.39, 0.29) is 12.1 Å². The minimum Gasteiger partial charge on any atom is -0.486 e. The molecule has 1 aliphatic heterocycles. The van der Waals surface area contributed by atoms with E-state index in [1.807, 2.05) is 36.4 Å². The summed E-state index contributed by atoms with van der Waals surface area (Å²) in [5.74, 6) is 1.56. The molecule has 2 aromatic carbocycles. The molecule has 0 aromatic heterocycles. The average molecular weight is 334 g/mol. The summed E-state index contributed by atoms with van der Waals surface area (Å²) in [6.07, 6.45) is 0.638. The van der Waals surface area contributed by atoms with Crippen LogP contribution in [0, 0.1) is 0 Å². The normalized spacial score (nSPS) is 18.6. The van der Waals surface area contributed by atoms with E-state index in [1.165, 1.54) is 5.56 Å². The molecule has 0 aliphatic carbocycles. The van der Waals surface area contributed by atoms with E-state index in [2.05, 4.69) is 28.1 Å².